The molecular weight excluding hydrogens is 477 g/mol. The summed E-state index contributed by atoms with van der Waals surface area (Å²) >= 11 is 1.37. The van der Waals surface area contributed by atoms with Crippen LogP contribution >= 0.6 is 11.3 Å². The molecule has 0 bridgehead atoms. The van der Waals surface area contributed by atoms with Gasteiger partial charge in [0.2, 0.25) is 11.8 Å². The molecule has 10 nitrogen and oxygen atoms in total. The molecule has 0 aliphatic carbocycles. The second kappa shape index (κ2) is 10.5. The highest BCUT2D eigenvalue weighted by Crippen LogP contribution is 2.36. The predicted octanol–water partition coefficient (Wildman–Crippen LogP) is 3.34. The molecule has 0 saturated carbocycles. The van der Waals surface area contributed by atoms with Crippen LogP contribution in [0.25, 0.3) is 31.8 Å². The van der Waals surface area contributed by atoms with Gasteiger partial charge in [0.1, 0.15) is 18.2 Å². The average molecular weight is 500 g/mol. The zero-order chi connectivity index (χ0) is 24.9. The van der Waals surface area contributed by atoms with Gasteiger partial charge in [-0.15, -0.1) is 11.3 Å². The Morgan fingerprint density at radius 3 is 2.74 bits per heavy atom. The van der Waals surface area contributed by atoms with Gasteiger partial charge in [0, 0.05) is 30.7 Å². The van der Waals surface area contributed by atoms with Gasteiger partial charge < -0.3 is 25.3 Å². The summed E-state index contributed by atoms with van der Waals surface area (Å²) < 4.78 is 30.9. The highest BCUT2D eigenvalue weighted by molar-refractivity contribution is 7.21. The van der Waals surface area contributed by atoms with E-state index in [-0.39, 0.29) is 31.9 Å². The molecule has 0 aliphatic rings. The van der Waals surface area contributed by atoms with Crippen LogP contribution < -0.4 is 20.5 Å². The van der Waals surface area contributed by atoms with Crippen molar-refractivity contribution in [3.05, 3.63) is 41.8 Å². The molecule has 2 aromatic heterocycles. The van der Waals surface area contributed by atoms with Crippen molar-refractivity contribution >= 4 is 44.6 Å². The first-order valence-electron chi connectivity index (χ1n) is 10.6. The molecule has 0 aliphatic heterocycles. The maximum atomic E-state index is 14.6. The molecule has 0 unspecified atom stereocenters. The van der Waals surface area contributed by atoms with Crippen molar-refractivity contribution in [3.8, 4) is 22.2 Å². The molecule has 0 radical (unpaired) electrons. The number of rotatable bonds is 9. The van der Waals surface area contributed by atoms with Crippen molar-refractivity contribution in [2.45, 2.75) is 13.3 Å². The Kier molecular flexibility index (Phi) is 7.20. The molecule has 4 aromatic rings. The summed E-state index contributed by atoms with van der Waals surface area (Å²) in [5, 5.41) is 3.04. The number of thiazole rings is 1. The zero-order valence-corrected chi connectivity index (χ0v) is 19.8. The molecule has 0 fully saturated rings. The number of halogens is 1. The summed E-state index contributed by atoms with van der Waals surface area (Å²) in [7, 11) is 1.53. The third-order valence-corrected chi connectivity index (χ3v) is 5.92. The third kappa shape index (κ3) is 5.72. The van der Waals surface area contributed by atoms with E-state index in [1.165, 1.54) is 24.5 Å². The number of methoxy groups -OCH3 is 1. The summed E-state index contributed by atoms with van der Waals surface area (Å²) in [5.41, 5.74) is 8.58. The topological polar surface area (TPSA) is 139 Å². The highest BCUT2D eigenvalue weighted by Gasteiger charge is 2.16. The van der Waals surface area contributed by atoms with E-state index in [0.717, 1.165) is 15.8 Å². The number of nitrogens with one attached hydrogen (secondary N) is 1. The van der Waals surface area contributed by atoms with Gasteiger partial charge >= 0.3 is 6.09 Å². The van der Waals surface area contributed by atoms with E-state index in [2.05, 4.69) is 20.3 Å². The van der Waals surface area contributed by atoms with Gasteiger partial charge in [-0.3, -0.25) is 4.79 Å². The first-order chi connectivity index (χ1) is 16.8. The average Bonchev–Trinajstić information content (AvgIpc) is 3.23. The summed E-state index contributed by atoms with van der Waals surface area (Å²) in [4.78, 5) is 35.7. The van der Waals surface area contributed by atoms with Crippen LogP contribution in [0.4, 0.5) is 9.18 Å². The third-order valence-electron chi connectivity index (χ3n) is 4.87. The number of hydrogen-bond donors (Lipinski definition) is 2. The maximum absolute atomic E-state index is 14.6. The SMILES string of the molecule is COc1cnc2c(-c3nc4cc(F)c(OCCOC(=O)NCCC(N)=O)cc4s3)cc(C)cc2n1. The van der Waals surface area contributed by atoms with Gasteiger partial charge in [-0.05, 0) is 24.6 Å². The van der Waals surface area contributed by atoms with E-state index < -0.39 is 17.8 Å². The Labute approximate surface area is 203 Å². The van der Waals surface area contributed by atoms with Crippen LogP contribution in [0, 0.1) is 12.7 Å². The lowest BCUT2D eigenvalue weighted by molar-refractivity contribution is -0.117. The second-order valence-electron chi connectivity index (χ2n) is 7.49. The number of aromatic nitrogens is 3. The normalized spacial score (nSPS) is 10.9. The number of benzene rings is 2. The maximum Gasteiger partial charge on any atom is 0.407 e. The van der Waals surface area contributed by atoms with Crippen LogP contribution in [0.2, 0.25) is 0 Å². The lowest BCUT2D eigenvalue weighted by Gasteiger charge is -2.08. The Bertz CT molecular complexity index is 1410. The van der Waals surface area contributed by atoms with Crippen molar-refractivity contribution in [1.82, 2.24) is 20.3 Å². The Balaban J connectivity index is 1.48. The summed E-state index contributed by atoms with van der Waals surface area (Å²) in [6.07, 6.45) is 0.830. The number of carbonyl (C=O) groups excluding carboxylic acids is 2. The van der Waals surface area contributed by atoms with Gasteiger partial charge in [0.25, 0.3) is 0 Å². The van der Waals surface area contributed by atoms with E-state index in [9.17, 15) is 14.0 Å². The molecule has 3 N–H and O–H groups in total. The minimum absolute atomic E-state index is 0.00672. The van der Waals surface area contributed by atoms with Crippen LogP contribution in [-0.4, -0.2) is 53.8 Å². The minimum atomic E-state index is -0.719. The summed E-state index contributed by atoms with van der Waals surface area (Å²) in [6, 6.07) is 6.73. The fourth-order valence-corrected chi connectivity index (χ4v) is 4.28. The molecule has 35 heavy (non-hydrogen) atoms. The molecule has 0 saturated heterocycles. The fraction of sp³-hybridized carbons (Fsp3) is 0.261. The largest absolute Gasteiger partial charge is 0.487 e. The van der Waals surface area contributed by atoms with Crippen molar-refractivity contribution in [2.24, 2.45) is 5.73 Å². The van der Waals surface area contributed by atoms with E-state index in [0.29, 0.717) is 27.4 Å². The molecule has 0 atom stereocenters. The molecule has 2 aromatic carbocycles. The number of primary amides is 1. The van der Waals surface area contributed by atoms with E-state index in [4.69, 9.17) is 19.9 Å². The quantitative estimate of drug-likeness (QED) is 0.334. The smallest absolute Gasteiger partial charge is 0.407 e. The van der Waals surface area contributed by atoms with E-state index in [1.807, 2.05) is 19.1 Å². The fourth-order valence-electron chi connectivity index (χ4n) is 3.29. The van der Waals surface area contributed by atoms with E-state index >= 15 is 0 Å². The van der Waals surface area contributed by atoms with Crippen LogP contribution in [-0.2, 0) is 9.53 Å². The van der Waals surface area contributed by atoms with Crippen molar-refractivity contribution < 1.29 is 28.2 Å². The number of nitrogens with two attached hydrogens (primary N) is 1. The van der Waals surface area contributed by atoms with E-state index in [1.54, 1.807) is 12.3 Å². The highest BCUT2D eigenvalue weighted by atomic mass is 32.1. The number of amides is 2. The lowest BCUT2D eigenvalue weighted by Crippen LogP contribution is -2.29. The molecule has 4 rings (SSSR count). The molecule has 182 valence electrons. The number of hydrogen-bond acceptors (Lipinski definition) is 9. The number of carbonyl (C=O) groups is 2. The number of ether oxygens (including phenoxy) is 3. The zero-order valence-electron chi connectivity index (χ0n) is 19.0. The number of nitrogens with zero attached hydrogens (tertiary/aromatic N) is 3. The van der Waals surface area contributed by atoms with Crippen molar-refractivity contribution in [1.29, 1.82) is 0 Å². The van der Waals surface area contributed by atoms with Crippen molar-refractivity contribution in [2.75, 3.05) is 26.9 Å². The Morgan fingerprint density at radius 2 is 1.97 bits per heavy atom. The first-order valence-corrected chi connectivity index (χ1v) is 11.4. The predicted molar refractivity (Wildman–Crippen MR) is 128 cm³/mol. The number of alkyl carbamates (subject to hydrolysis) is 1. The second-order valence-corrected chi connectivity index (χ2v) is 8.52. The van der Waals surface area contributed by atoms with Gasteiger partial charge in [-0.25, -0.2) is 24.1 Å². The van der Waals surface area contributed by atoms with Gasteiger partial charge in [0.05, 0.1) is 34.6 Å². The van der Waals surface area contributed by atoms with Gasteiger partial charge in [-0.2, -0.15) is 0 Å². The monoisotopic (exact) mass is 499 g/mol. The molecular formula is C23H22FN5O5S. The lowest BCUT2D eigenvalue weighted by atomic mass is 10.1. The number of fused-ring (bicyclic) bond motifs is 2. The Hall–Kier alpha value is -4.06. The standard InChI is InChI=1S/C23H22FN5O5S/c1-12-7-13(21-16(8-12)28-20(32-2)11-27-21)22-29-15-9-14(24)17(10-18(15)35-22)33-5-6-34-23(31)26-4-3-19(25)30/h7-11H,3-6H2,1-2H3,(H2,25,30)(H,26,31). The molecule has 0 spiro atoms. The minimum Gasteiger partial charge on any atom is -0.487 e. The molecule has 12 heteroatoms. The Morgan fingerprint density at radius 1 is 1.14 bits per heavy atom. The first kappa shape index (κ1) is 24.1. The summed E-state index contributed by atoms with van der Waals surface area (Å²) in [6.45, 7) is 1.86. The number of aryl methyl sites for hydroxylation is 1. The van der Waals surface area contributed by atoms with Crippen LogP contribution in [0.5, 0.6) is 11.6 Å². The van der Waals surface area contributed by atoms with Crippen LogP contribution in [0.3, 0.4) is 0 Å². The molecule has 2 amide bonds. The summed E-state index contributed by atoms with van der Waals surface area (Å²) in [5.74, 6) is -0.688. The van der Waals surface area contributed by atoms with Crippen molar-refractivity contribution in [3.63, 3.8) is 0 Å². The molecule has 2 heterocycles. The van der Waals surface area contributed by atoms with Crippen LogP contribution in [0.15, 0.2) is 30.5 Å². The van der Waals surface area contributed by atoms with Gasteiger partial charge in [0.15, 0.2) is 11.6 Å². The van der Waals surface area contributed by atoms with Crippen LogP contribution in [0.1, 0.15) is 12.0 Å². The van der Waals surface area contributed by atoms with Gasteiger partial charge in [-0.1, -0.05) is 0 Å².